The lowest BCUT2D eigenvalue weighted by atomic mass is 9.97. The summed E-state index contributed by atoms with van der Waals surface area (Å²) in [5.41, 5.74) is 10.8. The fourth-order valence-electron chi connectivity index (χ4n) is 5.55. The zero-order valence-corrected chi connectivity index (χ0v) is 22.0. The Hall–Kier alpha value is -4.35. The van der Waals surface area contributed by atoms with Gasteiger partial charge in [-0.15, -0.1) is 0 Å². The Morgan fingerprint density at radius 2 is 1.87 bits per heavy atom. The van der Waals surface area contributed by atoms with Crippen LogP contribution in [0.4, 0.5) is 5.82 Å². The van der Waals surface area contributed by atoms with E-state index in [1.807, 2.05) is 72.5 Å². The van der Waals surface area contributed by atoms with Crippen LogP contribution in [0.15, 0.2) is 71.2 Å². The molecule has 3 heterocycles. The molecule has 39 heavy (non-hydrogen) atoms. The standard InChI is InChI=1S/C31H32N6O2/c1-20-27(22-11-13-26(14-12-22)39-25-7-3-2-4-8-25)28-29(33)34-19-37(30(28)35-20)24-6-5-15-36(18-24)31(38)23(17-32)16-21-9-10-21/h2-4,7-8,11-14,16,19,21,24,29,35H,5-6,9-10,15,18,33H2,1H3/b23-16+/t24?,29-/m0/s1. The van der Waals surface area contributed by atoms with Crippen molar-refractivity contribution >= 4 is 18.1 Å². The van der Waals surface area contributed by atoms with Gasteiger partial charge < -0.3 is 25.3 Å². The summed E-state index contributed by atoms with van der Waals surface area (Å²) in [5.74, 6) is 2.68. The van der Waals surface area contributed by atoms with Crippen molar-refractivity contribution < 1.29 is 9.53 Å². The number of amides is 1. The molecule has 3 aromatic rings. The highest BCUT2D eigenvalue weighted by Gasteiger charge is 2.35. The SMILES string of the molecule is Cc1[nH]c2c(c1-c1ccc(Oc3ccccc3)cc1)[C@@H](N)N=CN2C1CCCN(C(=O)/C(C#N)=C/C2CC2)C1. The van der Waals surface area contributed by atoms with E-state index in [1.54, 1.807) is 6.34 Å². The quantitative estimate of drug-likeness (QED) is 0.332. The molecule has 6 rings (SSSR count). The summed E-state index contributed by atoms with van der Waals surface area (Å²) in [4.78, 5) is 25.3. The van der Waals surface area contributed by atoms with E-state index in [0.717, 1.165) is 65.4 Å². The Morgan fingerprint density at radius 3 is 2.59 bits per heavy atom. The number of aromatic amines is 1. The Morgan fingerprint density at radius 1 is 1.13 bits per heavy atom. The molecule has 3 aliphatic rings. The summed E-state index contributed by atoms with van der Waals surface area (Å²) in [5, 5.41) is 9.59. The third-order valence-corrected chi connectivity index (χ3v) is 7.69. The minimum atomic E-state index is -0.496. The van der Waals surface area contributed by atoms with Gasteiger partial charge in [-0.3, -0.25) is 9.79 Å². The molecule has 198 valence electrons. The van der Waals surface area contributed by atoms with E-state index in [9.17, 15) is 10.1 Å². The van der Waals surface area contributed by atoms with Crippen LogP contribution in [-0.4, -0.2) is 41.3 Å². The average molecular weight is 521 g/mol. The molecular formula is C31H32N6O2. The first-order chi connectivity index (χ1) is 19.0. The summed E-state index contributed by atoms with van der Waals surface area (Å²) < 4.78 is 5.97. The van der Waals surface area contributed by atoms with Crippen LogP contribution in [0.25, 0.3) is 11.1 Å². The topological polar surface area (TPSA) is 111 Å². The Bertz CT molecular complexity index is 1460. The third kappa shape index (κ3) is 5.06. The van der Waals surface area contributed by atoms with Gasteiger partial charge in [0.15, 0.2) is 0 Å². The number of hydrogen-bond donors (Lipinski definition) is 2. The fourth-order valence-corrected chi connectivity index (χ4v) is 5.55. The normalized spacial score (nSPS) is 20.9. The van der Waals surface area contributed by atoms with Crippen molar-refractivity contribution in [1.29, 1.82) is 5.26 Å². The number of rotatable bonds is 6. The molecule has 1 amide bonds. The van der Waals surface area contributed by atoms with Gasteiger partial charge in [-0.1, -0.05) is 36.4 Å². The number of para-hydroxylation sites is 1. The maximum Gasteiger partial charge on any atom is 0.264 e. The molecule has 1 unspecified atom stereocenters. The molecule has 1 aliphatic carbocycles. The fraction of sp³-hybridized carbons (Fsp3) is 0.323. The number of nitrogens with zero attached hydrogens (tertiary/aromatic N) is 4. The van der Waals surface area contributed by atoms with Crippen LogP contribution in [0.5, 0.6) is 11.5 Å². The van der Waals surface area contributed by atoms with Crippen LogP contribution in [0.1, 0.15) is 43.1 Å². The number of nitrogens with two attached hydrogens (primary N) is 1. The van der Waals surface area contributed by atoms with E-state index in [4.69, 9.17) is 10.5 Å². The van der Waals surface area contributed by atoms with Crippen molar-refractivity contribution in [3.05, 3.63) is 77.5 Å². The van der Waals surface area contributed by atoms with Crippen molar-refractivity contribution in [2.24, 2.45) is 16.6 Å². The number of fused-ring (bicyclic) bond motifs is 1. The first-order valence-corrected chi connectivity index (χ1v) is 13.6. The van der Waals surface area contributed by atoms with Crippen LogP contribution in [0, 0.1) is 24.2 Å². The molecule has 2 atom stereocenters. The summed E-state index contributed by atoms with van der Waals surface area (Å²) in [6, 6.07) is 19.9. The van der Waals surface area contributed by atoms with Crippen LogP contribution in [0.3, 0.4) is 0 Å². The number of allylic oxidation sites excluding steroid dienone is 1. The number of H-pyrrole nitrogens is 1. The van der Waals surface area contributed by atoms with Crippen molar-refractivity contribution in [2.75, 3.05) is 18.0 Å². The van der Waals surface area contributed by atoms with Gasteiger partial charge in [0.25, 0.3) is 5.91 Å². The van der Waals surface area contributed by atoms with Crippen LogP contribution >= 0.6 is 0 Å². The van der Waals surface area contributed by atoms with Crippen molar-refractivity contribution in [1.82, 2.24) is 9.88 Å². The molecule has 0 radical (unpaired) electrons. The smallest absolute Gasteiger partial charge is 0.264 e. The molecule has 0 spiro atoms. The molecule has 2 fully saturated rings. The Labute approximate surface area is 228 Å². The van der Waals surface area contributed by atoms with Gasteiger partial charge >= 0.3 is 0 Å². The molecule has 1 saturated carbocycles. The summed E-state index contributed by atoms with van der Waals surface area (Å²) in [6.45, 7) is 3.23. The zero-order valence-electron chi connectivity index (χ0n) is 22.0. The average Bonchev–Trinajstić information content (AvgIpc) is 3.72. The molecule has 1 aromatic heterocycles. The first kappa shape index (κ1) is 25.0. The molecule has 1 saturated heterocycles. The number of ether oxygens (including phenoxy) is 1. The van der Waals surface area contributed by atoms with Crippen LogP contribution in [0.2, 0.25) is 0 Å². The van der Waals surface area contributed by atoms with Gasteiger partial charge in [0.05, 0.1) is 12.4 Å². The van der Waals surface area contributed by atoms with Crippen molar-refractivity contribution in [3.63, 3.8) is 0 Å². The van der Waals surface area contributed by atoms with E-state index < -0.39 is 6.17 Å². The number of likely N-dealkylation sites (tertiary alicyclic amines) is 1. The first-order valence-electron chi connectivity index (χ1n) is 13.6. The van der Waals surface area contributed by atoms with Gasteiger partial charge in [-0.25, -0.2) is 0 Å². The zero-order chi connectivity index (χ0) is 26.9. The maximum absolute atomic E-state index is 13.1. The van der Waals surface area contributed by atoms with Gasteiger partial charge in [0.1, 0.15) is 35.1 Å². The van der Waals surface area contributed by atoms with E-state index >= 15 is 0 Å². The largest absolute Gasteiger partial charge is 0.457 e. The highest BCUT2D eigenvalue weighted by molar-refractivity contribution is 5.97. The lowest BCUT2D eigenvalue weighted by Crippen LogP contribution is -2.51. The number of aryl methyl sites for hydroxylation is 1. The molecule has 8 nitrogen and oxygen atoms in total. The third-order valence-electron chi connectivity index (χ3n) is 7.69. The number of hydrogen-bond acceptors (Lipinski definition) is 6. The molecule has 0 bridgehead atoms. The predicted molar refractivity (Wildman–Crippen MR) is 151 cm³/mol. The van der Waals surface area contributed by atoms with Gasteiger partial charge in [-0.05, 0) is 68.4 Å². The highest BCUT2D eigenvalue weighted by atomic mass is 16.5. The van der Waals surface area contributed by atoms with Gasteiger partial charge in [-0.2, -0.15) is 5.26 Å². The maximum atomic E-state index is 13.1. The van der Waals surface area contributed by atoms with Gasteiger partial charge in [0.2, 0.25) is 0 Å². The number of carbonyl (C=O) groups excluding carboxylic acids is 1. The molecule has 8 heteroatoms. The second kappa shape index (κ2) is 10.4. The molecular weight excluding hydrogens is 488 g/mol. The van der Waals surface area contributed by atoms with Gasteiger partial charge in [0, 0.05) is 29.9 Å². The Balaban J connectivity index is 1.25. The van der Waals surface area contributed by atoms with E-state index in [1.165, 1.54) is 0 Å². The molecule has 3 N–H and O–H groups in total. The van der Waals surface area contributed by atoms with Crippen LogP contribution < -0.4 is 15.4 Å². The lowest BCUT2D eigenvalue weighted by molar-refractivity contribution is -0.127. The molecule has 2 aromatic carbocycles. The summed E-state index contributed by atoms with van der Waals surface area (Å²) in [6.07, 6.45) is 7.05. The number of aliphatic imine (C=N–C) groups is 1. The number of anilines is 1. The highest BCUT2D eigenvalue weighted by Crippen LogP contribution is 2.42. The predicted octanol–water partition coefficient (Wildman–Crippen LogP) is 5.44. The number of aromatic nitrogens is 1. The summed E-state index contributed by atoms with van der Waals surface area (Å²) in [7, 11) is 0. The molecule has 2 aliphatic heterocycles. The van der Waals surface area contributed by atoms with Crippen LogP contribution in [-0.2, 0) is 4.79 Å². The Kier molecular flexibility index (Phi) is 6.67. The summed E-state index contributed by atoms with van der Waals surface area (Å²) >= 11 is 0. The number of benzene rings is 2. The number of piperidine rings is 1. The van der Waals surface area contributed by atoms with E-state index in [-0.39, 0.29) is 17.5 Å². The monoisotopic (exact) mass is 520 g/mol. The van der Waals surface area contributed by atoms with E-state index in [2.05, 4.69) is 20.9 Å². The second-order valence-corrected chi connectivity index (χ2v) is 10.5. The number of nitrogens with one attached hydrogen (secondary N) is 1. The lowest BCUT2D eigenvalue weighted by Gasteiger charge is -2.39. The van der Waals surface area contributed by atoms with Crippen molar-refractivity contribution in [2.45, 2.75) is 44.8 Å². The second-order valence-electron chi connectivity index (χ2n) is 10.5. The number of nitriles is 1. The minimum absolute atomic E-state index is 0.0334. The number of carbonyl (C=O) groups is 1. The van der Waals surface area contributed by atoms with Crippen molar-refractivity contribution in [3.8, 4) is 28.7 Å². The minimum Gasteiger partial charge on any atom is -0.457 e. The van der Waals surface area contributed by atoms with E-state index in [0.29, 0.717) is 19.0 Å².